The average molecular weight is 234 g/mol. The molecule has 8 heteroatoms. The van der Waals surface area contributed by atoms with Crippen molar-refractivity contribution in [1.29, 1.82) is 0 Å². The lowest BCUT2D eigenvalue weighted by atomic mass is 10.3. The summed E-state index contributed by atoms with van der Waals surface area (Å²) in [6, 6.07) is 6.80. The van der Waals surface area contributed by atoms with E-state index in [1.807, 2.05) is 0 Å². The Labute approximate surface area is 94.4 Å². The molecule has 1 aromatic heterocycles. The van der Waals surface area contributed by atoms with Gasteiger partial charge in [-0.3, -0.25) is 10.1 Å². The van der Waals surface area contributed by atoms with Gasteiger partial charge < -0.3 is 10.1 Å². The van der Waals surface area contributed by atoms with Crippen LogP contribution in [0.4, 0.5) is 11.5 Å². The van der Waals surface area contributed by atoms with E-state index < -0.39 is 9.85 Å². The van der Waals surface area contributed by atoms with Crippen molar-refractivity contribution in [2.75, 3.05) is 0 Å². The van der Waals surface area contributed by atoms with Crippen LogP contribution < -0.4 is 0 Å². The zero-order valence-corrected chi connectivity index (χ0v) is 8.39. The van der Waals surface area contributed by atoms with Crippen molar-refractivity contribution in [1.82, 2.24) is 9.78 Å². The van der Waals surface area contributed by atoms with Crippen LogP contribution in [0, 0.1) is 20.2 Å². The van der Waals surface area contributed by atoms with Crippen LogP contribution in [-0.2, 0) is 0 Å². The van der Waals surface area contributed by atoms with Gasteiger partial charge in [-0.05, 0) is 17.1 Å². The van der Waals surface area contributed by atoms with Crippen molar-refractivity contribution in [2.24, 2.45) is 0 Å². The maximum atomic E-state index is 10.4. The van der Waals surface area contributed by atoms with Gasteiger partial charge in [0.15, 0.2) is 0 Å². The second-order valence-corrected chi connectivity index (χ2v) is 3.15. The summed E-state index contributed by atoms with van der Waals surface area (Å²) >= 11 is 0. The van der Waals surface area contributed by atoms with Crippen LogP contribution in [0.2, 0.25) is 0 Å². The van der Waals surface area contributed by atoms with E-state index in [0.29, 0.717) is 5.69 Å². The number of aromatic nitrogens is 2. The Bertz CT molecular complexity index is 575. The number of hydrogen-bond donors (Lipinski definition) is 0. The molecule has 0 atom stereocenters. The fourth-order valence-electron chi connectivity index (χ4n) is 1.28. The molecule has 2 rings (SSSR count). The van der Waals surface area contributed by atoms with Gasteiger partial charge in [-0.15, -0.1) is 4.68 Å². The third-order valence-corrected chi connectivity index (χ3v) is 2.09. The van der Waals surface area contributed by atoms with Crippen LogP contribution >= 0.6 is 0 Å². The molecule has 1 aromatic carbocycles. The van der Waals surface area contributed by atoms with Gasteiger partial charge in [0.05, 0.1) is 28.0 Å². The van der Waals surface area contributed by atoms with Crippen molar-refractivity contribution in [3.05, 3.63) is 56.8 Å². The monoisotopic (exact) mass is 234 g/mol. The Morgan fingerprint density at radius 3 is 2.12 bits per heavy atom. The third kappa shape index (κ3) is 2.09. The third-order valence-electron chi connectivity index (χ3n) is 2.09. The van der Waals surface area contributed by atoms with Crippen molar-refractivity contribution in [2.45, 2.75) is 0 Å². The average Bonchev–Trinajstić information content (AvgIpc) is 2.78. The molecule has 0 amide bonds. The first kappa shape index (κ1) is 10.7. The highest BCUT2D eigenvalue weighted by Gasteiger charge is 2.12. The Hall–Kier alpha value is -2.77. The first-order valence-corrected chi connectivity index (χ1v) is 4.53. The SMILES string of the molecule is O=[N+]([O-])c1ccc(-n2ccc([N+](=O)[O-])n2)cc1. The Morgan fingerprint density at radius 2 is 1.65 bits per heavy atom. The Balaban J connectivity index is 2.33. The molecular weight excluding hydrogens is 228 g/mol. The molecule has 2 aromatic rings. The van der Waals surface area contributed by atoms with E-state index in [0.717, 1.165) is 0 Å². The number of nitro groups is 2. The number of nitro benzene ring substituents is 1. The lowest BCUT2D eigenvalue weighted by molar-refractivity contribution is -0.389. The maximum absolute atomic E-state index is 10.4. The standard InChI is InChI=1S/C9H6N4O4/c14-12(15)8-3-1-7(2-4-8)11-6-5-9(10-11)13(16)17/h1-6H. The van der Waals surface area contributed by atoms with E-state index in [2.05, 4.69) is 5.10 Å². The van der Waals surface area contributed by atoms with Gasteiger partial charge in [0.1, 0.15) is 0 Å². The fourth-order valence-corrected chi connectivity index (χ4v) is 1.28. The number of hydrogen-bond acceptors (Lipinski definition) is 5. The zero-order chi connectivity index (χ0) is 12.4. The van der Waals surface area contributed by atoms with Gasteiger partial charge in [-0.2, -0.15) is 0 Å². The number of non-ortho nitro benzene ring substituents is 1. The smallest absolute Gasteiger partial charge is 0.358 e. The Kier molecular flexibility index (Phi) is 2.53. The molecule has 0 aliphatic carbocycles. The highest BCUT2D eigenvalue weighted by Crippen LogP contribution is 2.16. The first-order valence-electron chi connectivity index (χ1n) is 4.53. The predicted octanol–water partition coefficient (Wildman–Crippen LogP) is 1.69. The molecule has 0 bridgehead atoms. The molecule has 0 radical (unpaired) electrons. The lowest BCUT2D eigenvalue weighted by Crippen LogP contribution is -1.97. The number of rotatable bonds is 3. The van der Waals surface area contributed by atoms with Crippen molar-refractivity contribution >= 4 is 11.5 Å². The summed E-state index contributed by atoms with van der Waals surface area (Å²) in [5.41, 5.74) is 0.471. The van der Waals surface area contributed by atoms with Crippen LogP contribution in [0.3, 0.4) is 0 Å². The normalized spacial score (nSPS) is 10.1. The van der Waals surface area contributed by atoms with E-state index in [-0.39, 0.29) is 11.5 Å². The number of nitrogens with zero attached hydrogens (tertiary/aromatic N) is 4. The van der Waals surface area contributed by atoms with Crippen LogP contribution in [0.1, 0.15) is 0 Å². The summed E-state index contributed by atoms with van der Waals surface area (Å²) in [6.07, 6.45) is 1.42. The summed E-state index contributed by atoms with van der Waals surface area (Å²) in [5.74, 6) is -0.275. The quantitative estimate of drug-likeness (QED) is 0.593. The van der Waals surface area contributed by atoms with Gasteiger partial charge in [0.25, 0.3) is 5.69 Å². The summed E-state index contributed by atoms with van der Waals surface area (Å²) in [7, 11) is 0. The van der Waals surface area contributed by atoms with E-state index >= 15 is 0 Å². The molecular formula is C9H6N4O4. The molecule has 0 saturated carbocycles. The van der Waals surface area contributed by atoms with Gasteiger partial charge in [-0.25, -0.2) is 0 Å². The minimum absolute atomic E-state index is 0.0459. The summed E-state index contributed by atoms with van der Waals surface area (Å²) in [4.78, 5) is 19.7. The second kappa shape index (κ2) is 4.00. The first-order chi connectivity index (χ1) is 8.08. The molecule has 86 valence electrons. The van der Waals surface area contributed by atoms with Crippen LogP contribution in [-0.4, -0.2) is 19.6 Å². The van der Waals surface area contributed by atoms with E-state index in [1.165, 1.54) is 41.2 Å². The second-order valence-electron chi connectivity index (χ2n) is 3.15. The fraction of sp³-hybridized carbons (Fsp3) is 0. The van der Waals surface area contributed by atoms with Gasteiger partial charge >= 0.3 is 5.82 Å². The highest BCUT2D eigenvalue weighted by atomic mass is 16.6. The molecule has 0 saturated heterocycles. The summed E-state index contributed by atoms with van der Waals surface area (Å²) in [5, 5.41) is 24.6. The van der Waals surface area contributed by atoms with Crippen LogP contribution in [0.15, 0.2) is 36.5 Å². The minimum atomic E-state index is -0.609. The largest absolute Gasteiger partial charge is 0.390 e. The van der Waals surface area contributed by atoms with Crippen molar-refractivity contribution in [3.8, 4) is 5.69 Å². The summed E-state index contributed by atoms with van der Waals surface area (Å²) in [6.45, 7) is 0. The van der Waals surface area contributed by atoms with E-state index in [4.69, 9.17) is 0 Å². The highest BCUT2D eigenvalue weighted by molar-refractivity contribution is 5.40. The molecule has 1 heterocycles. The predicted molar refractivity (Wildman–Crippen MR) is 56.9 cm³/mol. The minimum Gasteiger partial charge on any atom is -0.358 e. The van der Waals surface area contributed by atoms with Crippen molar-refractivity contribution < 1.29 is 9.85 Å². The molecule has 0 spiro atoms. The summed E-state index contributed by atoms with van der Waals surface area (Å²) < 4.78 is 1.28. The van der Waals surface area contributed by atoms with Gasteiger partial charge in [0.2, 0.25) is 0 Å². The molecule has 0 aliphatic heterocycles. The molecule has 0 unspecified atom stereocenters. The topological polar surface area (TPSA) is 104 Å². The van der Waals surface area contributed by atoms with Gasteiger partial charge in [0, 0.05) is 12.1 Å². The Morgan fingerprint density at radius 1 is 1.00 bits per heavy atom. The molecule has 0 N–H and O–H groups in total. The molecule has 8 nitrogen and oxygen atoms in total. The van der Waals surface area contributed by atoms with Crippen LogP contribution in [0.25, 0.3) is 5.69 Å². The van der Waals surface area contributed by atoms with Crippen molar-refractivity contribution in [3.63, 3.8) is 0 Å². The van der Waals surface area contributed by atoms with Crippen LogP contribution in [0.5, 0.6) is 0 Å². The maximum Gasteiger partial charge on any atom is 0.390 e. The number of benzene rings is 1. The van der Waals surface area contributed by atoms with E-state index in [9.17, 15) is 20.2 Å². The molecule has 0 aliphatic rings. The molecule has 0 fully saturated rings. The van der Waals surface area contributed by atoms with Gasteiger partial charge in [-0.1, -0.05) is 0 Å². The van der Waals surface area contributed by atoms with E-state index in [1.54, 1.807) is 0 Å². The zero-order valence-electron chi connectivity index (χ0n) is 8.39. The molecule has 17 heavy (non-hydrogen) atoms. The lowest BCUT2D eigenvalue weighted by Gasteiger charge is -1.95.